The normalized spacial score (nSPS) is 11.6. The highest BCUT2D eigenvalue weighted by atomic mass is 79.9. The molecule has 0 amide bonds. The van der Waals surface area contributed by atoms with Gasteiger partial charge in [-0.05, 0) is 35.9 Å². The fraction of sp³-hybridized carbons (Fsp3) is 0.125. The van der Waals surface area contributed by atoms with E-state index < -0.39 is 6.10 Å². The first-order chi connectivity index (χ1) is 9.19. The Balaban J connectivity index is 2.00. The molecule has 0 aliphatic carbocycles. The minimum atomic E-state index is -0.563. The van der Waals surface area contributed by atoms with Gasteiger partial charge in [0.25, 0.3) is 0 Å². The van der Waals surface area contributed by atoms with E-state index in [1.165, 1.54) is 0 Å². The van der Waals surface area contributed by atoms with Crippen LogP contribution in [0.1, 0.15) is 17.2 Å². The summed E-state index contributed by atoms with van der Waals surface area (Å²) in [6.07, 6.45) is 4.79. The summed E-state index contributed by atoms with van der Waals surface area (Å²) in [5.74, 6) is 2.59. The third kappa shape index (κ3) is 3.85. The van der Waals surface area contributed by atoms with Gasteiger partial charge < -0.3 is 10.4 Å². The summed E-state index contributed by atoms with van der Waals surface area (Å²) in [4.78, 5) is 0. The monoisotopic (exact) mass is 315 g/mol. The van der Waals surface area contributed by atoms with Crippen LogP contribution in [0.15, 0.2) is 53.0 Å². The standard InChI is InChI=1S/C16H14BrNO/c1-2-12-5-3-8-15(9-12)18-11-16(19)13-6-4-7-14(17)10-13/h1,3-10,16,18-19H,11H2. The molecule has 0 heterocycles. The van der Waals surface area contributed by atoms with E-state index in [0.717, 1.165) is 21.3 Å². The van der Waals surface area contributed by atoms with Crippen LogP contribution in [0.5, 0.6) is 0 Å². The zero-order valence-electron chi connectivity index (χ0n) is 10.3. The molecule has 2 nitrogen and oxygen atoms in total. The molecule has 96 valence electrons. The second-order valence-corrected chi connectivity index (χ2v) is 5.09. The Morgan fingerprint density at radius 1 is 1.21 bits per heavy atom. The van der Waals surface area contributed by atoms with Crippen molar-refractivity contribution in [3.05, 3.63) is 64.1 Å². The van der Waals surface area contributed by atoms with Crippen molar-refractivity contribution in [2.24, 2.45) is 0 Å². The molecule has 0 saturated carbocycles. The van der Waals surface area contributed by atoms with E-state index in [1.54, 1.807) is 0 Å². The predicted octanol–water partition coefficient (Wildman–Crippen LogP) is 3.58. The molecule has 0 aliphatic heterocycles. The Morgan fingerprint density at radius 3 is 2.74 bits per heavy atom. The third-order valence-corrected chi connectivity index (χ3v) is 3.26. The lowest BCUT2D eigenvalue weighted by Crippen LogP contribution is -2.12. The van der Waals surface area contributed by atoms with Gasteiger partial charge in [0.05, 0.1) is 6.10 Å². The van der Waals surface area contributed by atoms with Gasteiger partial charge in [-0.25, -0.2) is 0 Å². The first-order valence-electron chi connectivity index (χ1n) is 5.93. The van der Waals surface area contributed by atoms with E-state index in [4.69, 9.17) is 6.42 Å². The molecule has 0 radical (unpaired) electrons. The van der Waals surface area contributed by atoms with Gasteiger partial charge in [-0.2, -0.15) is 0 Å². The van der Waals surface area contributed by atoms with Crippen molar-refractivity contribution in [1.82, 2.24) is 0 Å². The second-order valence-electron chi connectivity index (χ2n) is 4.18. The number of halogens is 1. The first kappa shape index (κ1) is 13.7. The van der Waals surface area contributed by atoms with E-state index >= 15 is 0 Å². The van der Waals surface area contributed by atoms with Crippen molar-refractivity contribution in [3.63, 3.8) is 0 Å². The summed E-state index contributed by atoms with van der Waals surface area (Å²) in [7, 11) is 0. The Bertz CT molecular complexity index is 604. The minimum Gasteiger partial charge on any atom is -0.387 e. The van der Waals surface area contributed by atoms with Gasteiger partial charge in [-0.3, -0.25) is 0 Å². The van der Waals surface area contributed by atoms with Gasteiger partial charge in [-0.1, -0.05) is 40.0 Å². The highest BCUT2D eigenvalue weighted by Gasteiger charge is 2.07. The summed E-state index contributed by atoms with van der Waals surface area (Å²) < 4.78 is 0.957. The molecular weight excluding hydrogens is 302 g/mol. The Labute approximate surface area is 121 Å². The molecule has 2 aromatic rings. The molecule has 0 fully saturated rings. The summed E-state index contributed by atoms with van der Waals surface area (Å²) in [6, 6.07) is 15.2. The summed E-state index contributed by atoms with van der Waals surface area (Å²) in [5.41, 5.74) is 2.60. The lowest BCUT2D eigenvalue weighted by molar-refractivity contribution is 0.191. The molecule has 0 spiro atoms. The molecule has 1 atom stereocenters. The van der Waals surface area contributed by atoms with Gasteiger partial charge >= 0.3 is 0 Å². The molecule has 0 aromatic heterocycles. The number of anilines is 1. The molecule has 1 unspecified atom stereocenters. The van der Waals surface area contributed by atoms with E-state index in [2.05, 4.69) is 27.2 Å². The fourth-order valence-corrected chi connectivity index (χ4v) is 2.18. The van der Waals surface area contributed by atoms with Crippen LogP contribution in [-0.2, 0) is 0 Å². The maximum Gasteiger partial charge on any atom is 0.0962 e. The van der Waals surface area contributed by atoms with Crippen LogP contribution in [0, 0.1) is 12.3 Å². The fourth-order valence-electron chi connectivity index (χ4n) is 1.77. The summed E-state index contributed by atoms with van der Waals surface area (Å²) >= 11 is 3.39. The second kappa shape index (κ2) is 6.42. The topological polar surface area (TPSA) is 32.3 Å². The van der Waals surface area contributed by atoms with Gasteiger partial charge in [0.1, 0.15) is 0 Å². The Hall–Kier alpha value is -1.76. The molecule has 3 heteroatoms. The van der Waals surface area contributed by atoms with Crippen LogP contribution in [0.25, 0.3) is 0 Å². The zero-order chi connectivity index (χ0) is 13.7. The molecule has 2 aromatic carbocycles. The average molecular weight is 316 g/mol. The van der Waals surface area contributed by atoms with Crippen molar-refractivity contribution in [1.29, 1.82) is 0 Å². The molecular formula is C16H14BrNO. The molecule has 0 bridgehead atoms. The first-order valence-corrected chi connectivity index (χ1v) is 6.72. The van der Waals surface area contributed by atoms with E-state index in [0.29, 0.717) is 6.54 Å². The van der Waals surface area contributed by atoms with Crippen LogP contribution in [0.3, 0.4) is 0 Å². The smallest absolute Gasteiger partial charge is 0.0962 e. The molecule has 0 saturated heterocycles. The third-order valence-electron chi connectivity index (χ3n) is 2.76. The Morgan fingerprint density at radius 2 is 2.00 bits per heavy atom. The van der Waals surface area contributed by atoms with Gasteiger partial charge in [0.15, 0.2) is 0 Å². The number of benzene rings is 2. The van der Waals surface area contributed by atoms with Crippen LogP contribution >= 0.6 is 15.9 Å². The van der Waals surface area contributed by atoms with Crippen molar-refractivity contribution in [2.45, 2.75) is 6.10 Å². The van der Waals surface area contributed by atoms with Gasteiger partial charge in [0, 0.05) is 22.3 Å². The maximum atomic E-state index is 10.1. The van der Waals surface area contributed by atoms with Crippen LogP contribution in [-0.4, -0.2) is 11.7 Å². The van der Waals surface area contributed by atoms with Crippen LogP contribution < -0.4 is 5.32 Å². The van der Waals surface area contributed by atoms with Crippen molar-refractivity contribution in [2.75, 3.05) is 11.9 Å². The number of hydrogen-bond acceptors (Lipinski definition) is 2. The number of aliphatic hydroxyl groups excluding tert-OH is 1. The number of nitrogens with one attached hydrogen (secondary N) is 1. The van der Waals surface area contributed by atoms with Gasteiger partial charge in [-0.15, -0.1) is 6.42 Å². The average Bonchev–Trinajstić information content (AvgIpc) is 2.45. The Kier molecular flexibility index (Phi) is 4.62. The zero-order valence-corrected chi connectivity index (χ0v) is 11.9. The largest absolute Gasteiger partial charge is 0.387 e. The number of hydrogen-bond donors (Lipinski definition) is 2. The van der Waals surface area contributed by atoms with E-state index in [9.17, 15) is 5.11 Å². The molecule has 2 N–H and O–H groups in total. The number of terminal acetylenes is 1. The molecule has 0 aliphatic rings. The van der Waals surface area contributed by atoms with Crippen LogP contribution in [0.2, 0.25) is 0 Å². The van der Waals surface area contributed by atoms with Gasteiger partial charge in [0.2, 0.25) is 0 Å². The van der Waals surface area contributed by atoms with Crippen LogP contribution in [0.4, 0.5) is 5.69 Å². The van der Waals surface area contributed by atoms with E-state index in [1.807, 2.05) is 48.5 Å². The maximum absolute atomic E-state index is 10.1. The highest BCUT2D eigenvalue weighted by Crippen LogP contribution is 2.19. The van der Waals surface area contributed by atoms with Crippen molar-refractivity contribution < 1.29 is 5.11 Å². The van der Waals surface area contributed by atoms with E-state index in [-0.39, 0.29) is 0 Å². The van der Waals surface area contributed by atoms with Crippen molar-refractivity contribution >= 4 is 21.6 Å². The molecule has 2 rings (SSSR count). The summed E-state index contributed by atoms with van der Waals surface area (Å²) in [6.45, 7) is 0.435. The van der Waals surface area contributed by atoms with Crippen molar-refractivity contribution in [3.8, 4) is 12.3 Å². The quantitative estimate of drug-likeness (QED) is 0.845. The number of rotatable bonds is 4. The molecule has 19 heavy (non-hydrogen) atoms. The lowest BCUT2D eigenvalue weighted by Gasteiger charge is -2.13. The highest BCUT2D eigenvalue weighted by molar-refractivity contribution is 9.10. The summed E-state index contributed by atoms with van der Waals surface area (Å²) in [5, 5.41) is 13.3. The number of aliphatic hydroxyl groups is 1. The predicted molar refractivity (Wildman–Crippen MR) is 82.0 cm³/mol. The minimum absolute atomic E-state index is 0.435. The lowest BCUT2D eigenvalue weighted by atomic mass is 10.1. The SMILES string of the molecule is C#Cc1cccc(NCC(O)c2cccc(Br)c2)c1.